The standard InChI is InChI=1S/C14H20N2O4.ClH/c1-9-12(14(18)19-2)7-11(20-9)8-16-13(17)10-3-5-15-6-4-10;/h7,10,15H,3-6,8H2,1-2H3,(H,16,17);1H. The number of aryl methyl sites for hydroxylation is 1. The van der Waals surface area contributed by atoms with Gasteiger partial charge in [0.05, 0.1) is 13.7 Å². The average Bonchev–Trinajstić information content (AvgIpc) is 2.86. The van der Waals surface area contributed by atoms with Crippen molar-refractivity contribution in [3.8, 4) is 0 Å². The lowest BCUT2D eigenvalue weighted by Crippen LogP contribution is -2.37. The van der Waals surface area contributed by atoms with Crippen LogP contribution in [0.3, 0.4) is 0 Å². The molecule has 0 saturated carbocycles. The number of carbonyl (C=O) groups excluding carboxylic acids is 2. The third-order valence-corrected chi connectivity index (χ3v) is 3.52. The van der Waals surface area contributed by atoms with E-state index in [9.17, 15) is 9.59 Å². The number of esters is 1. The highest BCUT2D eigenvalue weighted by atomic mass is 35.5. The van der Waals surface area contributed by atoms with E-state index in [0.29, 0.717) is 23.6 Å². The van der Waals surface area contributed by atoms with Crippen LogP contribution in [0.4, 0.5) is 0 Å². The molecule has 0 atom stereocenters. The number of ether oxygens (including phenoxy) is 1. The molecule has 0 bridgehead atoms. The summed E-state index contributed by atoms with van der Waals surface area (Å²) in [5, 5.41) is 6.08. The zero-order valence-electron chi connectivity index (χ0n) is 12.2. The van der Waals surface area contributed by atoms with Crippen LogP contribution in [0.1, 0.15) is 34.7 Å². The summed E-state index contributed by atoms with van der Waals surface area (Å²) < 4.78 is 10.1. The van der Waals surface area contributed by atoms with E-state index in [4.69, 9.17) is 4.42 Å². The van der Waals surface area contributed by atoms with Crippen LogP contribution < -0.4 is 10.6 Å². The number of carbonyl (C=O) groups is 2. The Labute approximate surface area is 130 Å². The summed E-state index contributed by atoms with van der Waals surface area (Å²) in [4.78, 5) is 23.4. The first-order valence-corrected chi connectivity index (χ1v) is 6.78. The minimum absolute atomic E-state index is 0. The van der Waals surface area contributed by atoms with Gasteiger partial charge in [0.15, 0.2) is 0 Å². The van der Waals surface area contributed by atoms with Crippen molar-refractivity contribution in [1.29, 1.82) is 0 Å². The maximum atomic E-state index is 12.0. The number of amides is 1. The molecule has 118 valence electrons. The highest BCUT2D eigenvalue weighted by molar-refractivity contribution is 5.90. The molecule has 1 aliphatic rings. The van der Waals surface area contributed by atoms with E-state index in [0.717, 1.165) is 25.9 Å². The van der Waals surface area contributed by atoms with Gasteiger partial charge in [-0.05, 0) is 38.9 Å². The Balaban J connectivity index is 0.00000220. The van der Waals surface area contributed by atoms with Gasteiger partial charge < -0.3 is 19.8 Å². The van der Waals surface area contributed by atoms with Gasteiger partial charge >= 0.3 is 5.97 Å². The normalized spacial score (nSPS) is 15.1. The molecule has 2 rings (SSSR count). The van der Waals surface area contributed by atoms with Crippen LogP contribution >= 0.6 is 12.4 Å². The van der Waals surface area contributed by atoms with Crippen molar-refractivity contribution in [2.45, 2.75) is 26.3 Å². The first-order chi connectivity index (χ1) is 9.61. The molecule has 1 aromatic heterocycles. The summed E-state index contributed by atoms with van der Waals surface area (Å²) in [5.74, 6) is 0.739. The largest absolute Gasteiger partial charge is 0.465 e. The van der Waals surface area contributed by atoms with E-state index in [1.165, 1.54) is 7.11 Å². The molecule has 2 N–H and O–H groups in total. The van der Waals surface area contributed by atoms with Crippen molar-refractivity contribution >= 4 is 24.3 Å². The van der Waals surface area contributed by atoms with Gasteiger partial charge in [0.1, 0.15) is 17.1 Å². The van der Waals surface area contributed by atoms with Gasteiger partial charge in [-0.3, -0.25) is 4.79 Å². The molecule has 21 heavy (non-hydrogen) atoms. The Bertz CT molecular complexity index is 495. The molecule has 0 spiro atoms. The summed E-state index contributed by atoms with van der Waals surface area (Å²) in [6, 6.07) is 1.61. The zero-order valence-corrected chi connectivity index (χ0v) is 13.0. The summed E-state index contributed by atoms with van der Waals surface area (Å²) in [7, 11) is 1.33. The summed E-state index contributed by atoms with van der Waals surface area (Å²) >= 11 is 0. The van der Waals surface area contributed by atoms with E-state index < -0.39 is 5.97 Å². The second-order valence-corrected chi connectivity index (χ2v) is 4.92. The van der Waals surface area contributed by atoms with E-state index in [1.807, 2.05) is 0 Å². The van der Waals surface area contributed by atoms with Crippen LogP contribution in [0.15, 0.2) is 10.5 Å². The molecule has 0 radical (unpaired) electrons. The van der Waals surface area contributed by atoms with Crippen LogP contribution in [-0.4, -0.2) is 32.1 Å². The zero-order chi connectivity index (χ0) is 14.5. The maximum absolute atomic E-state index is 12.0. The lowest BCUT2D eigenvalue weighted by molar-refractivity contribution is -0.126. The fourth-order valence-electron chi connectivity index (χ4n) is 2.35. The number of halogens is 1. The first kappa shape index (κ1) is 17.5. The van der Waals surface area contributed by atoms with Crippen LogP contribution in [0.25, 0.3) is 0 Å². The highest BCUT2D eigenvalue weighted by Crippen LogP contribution is 2.16. The molecule has 1 aliphatic heterocycles. The molecule has 2 heterocycles. The van der Waals surface area contributed by atoms with E-state index >= 15 is 0 Å². The second-order valence-electron chi connectivity index (χ2n) is 4.92. The van der Waals surface area contributed by atoms with Gasteiger partial charge in [-0.25, -0.2) is 4.79 Å². The molecule has 1 fully saturated rings. The molecule has 1 aromatic rings. The SMILES string of the molecule is COC(=O)c1cc(CNC(=O)C2CCNCC2)oc1C.Cl. The summed E-state index contributed by atoms with van der Waals surface area (Å²) in [5.41, 5.74) is 0.401. The monoisotopic (exact) mass is 316 g/mol. The lowest BCUT2D eigenvalue weighted by Gasteiger charge is -2.21. The number of rotatable bonds is 4. The quantitative estimate of drug-likeness (QED) is 0.821. The van der Waals surface area contributed by atoms with Gasteiger partial charge in [-0.15, -0.1) is 12.4 Å². The number of furan rings is 1. The third kappa shape index (κ3) is 4.47. The van der Waals surface area contributed by atoms with E-state index in [2.05, 4.69) is 15.4 Å². The Kier molecular flexibility index (Phi) is 6.71. The Morgan fingerprint density at radius 2 is 2.10 bits per heavy atom. The Morgan fingerprint density at radius 1 is 1.43 bits per heavy atom. The number of hydrogen-bond donors (Lipinski definition) is 2. The minimum Gasteiger partial charge on any atom is -0.465 e. The smallest absolute Gasteiger partial charge is 0.341 e. The molecule has 7 heteroatoms. The molecule has 0 aliphatic carbocycles. The summed E-state index contributed by atoms with van der Waals surface area (Å²) in [6.07, 6.45) is 1.72. The molecule has 0 aromatic carbocycles. The highest BCUT2D eigenvalue weighted by Gasteiger charge is 2.21. The van der Waals surface area contributed by atoms with Crippen LogP contribution in [-0.2, 0) is 16.1 Å². The predicted octanol–water partition coefficient (Wildman–Crippen LogP) is 1.41. The fourth-order valence-corrected chi connectivity index (χ4v) is 2.35. The fraction of sp³-hybridized carbons (Fsp3) is 0.571. The van der Waals surface area contributed by atoms with Gasteiger partial charge in [0.2, 0.25) is 5.91 Å². The van der Waals surface area contributed by atoms with Gasteiger partial charge in [-0.1, -0.05) is 0 Å². The lowest BCUT2D eigenvalue weighted by atomic mass is 9.97. The Morgan fingerprint density at radius 3 is 2.71 bits per heavy atom. The minimum atomic E-state index is -0.429. The van der Waals surface area contributed by atoms with Gasteiger partial charge in [-0.2, -0.15) is 0 Å². The van der Waals surface area contributed by atoms with Crippen molar-refractivity contribution < 1.29 is 18.7 Å². The van der Waals surface area contributed by atoms with Crippen LogP contribution in [0.2, 0.25) is 0 Å². The van der Waals surface area contributed by atoms with E-state index in [-0.39, 0.29) is 24.2 Å². The maximum Gasteiger partial charge on any atom is 0.341 e. The predicted molar refractivity (Wildman–Crippen MR) is 79.5 cm³/mol. The number of hydrogen-bond acceptors (Lipinski definition) is 5. The van der Waals surface area contributed by atoms with E-state index in [1.54, 1.807) is 13.0 Å². The molecular weight excluding hydrogens is 296 g/mol. The van der Waals surface area contributed by atoms with Crippen molar-refractivity contribution in [2.24, 2.45) is 5.92 Å². The van der Waals surface area contributed by atoms with Crippen LogP contribution in [0, 0.1) is 12.8 Å². The Hall–Kier alpha value is -1.53. The van der Waals surface area contributed by atoms with Gasteiger partial charge in [0, 0.05) is 5.92 Å². The second kappa shape index (κ2) is 8.05. The molecule has 1 amide bonds. The molecular formula is C14H21ClN2O4. The molecule has 1 saturated heterocycles. The summed E-state index contributed by atoms with van der Waals surface area (Å²) in [6.45, 7) is 3.75. The number of methoxy groups -OCH3 is 1. The molecule has 0 unspecified atom stereocenters. The molecule has 6 nitrogen and oxygen atoms in total. The first-order valence-electron chi connectivity index (χ1n) is 6.78. The van der Waals surface area contributed by atoms with Crippen LogP contribution in [0.5, 0.6) is 0 Å². The number of piperidine rings is 1. The average molecular weight is 317 g/mol. The number of nitrogens with one attached hydrogen (secondary N) is 2. The van der Waals surface area contributed by atoms with Crippen molar-refractivity contribution in [3.05, 3.63) is 23.2 Å². The van der Waals surface area contributed by atoms with Crippen molar-refractivity contribution in [1.82, 2.24) is 10.6 Å². The van der Waals surface area contributed by atoms with Gasteiger partial charge in [0.25, 0.3) is 0 Å². The van der Waals surface area contributed by atoms with Crippen molar-refractivity contribution in [3.63, 3.8) is 0 Å². The third-order valence-electron chi connectivity index (χ3n) is 3.52. The van der Waals surface area contributed by atoms with Crippen molar-refractivity contribution in [2.75, 3.05) is 20.2 Å². The topological polar surface area (TPSA) is 80.6 Å².